The molecule has 1 aromatic rings. The molecule has 1 aliphatic rings. The van der Waals surface area contributed by atoms with Gasteiger partial charge < -0.3 is 25.4 Å². The first-order valence-corrected chi connectivity index (χ1v) is 10.8. The molecule has 10 nitrogen and oxygen atoms in total. The first kappa shape index (κ1) is 26.1. The Hall–Kier alpha value is -3.14. The van der Waals surface area contributed by atoms with Crippen LogP contribution in [0.2, 0.25) is 0 Å². The van der Waals surface area contributed by atoms with Crippen molar-refractivity contribution in [1.82, 2.24) is 10.2 Å². The lowest BCUT2D eigenvalue weighted by Crippen LogP contribution is -2.60. The van der Waals surface area contributed by atoms with Crippen molar-refractivity contribution in [2.75, 3.05) is 31.0 Å². The van der Waals surface area contributed by atoms with Crippen LogP contribution in [0.4, 0.5) is 16.2 Å². The van der Waals surface area contributed by atoms with Gasteiger partial charge >= 0.3 is 6.09 Å². The van der Waals surface area contributed by atoms with Crippen molar-refractivity contribution in [3.8, 4) is 0 Å². The molecule has 3 N–H and O–H groups in total. The summed E-state index contributed by atoms with van der Waals surface area (Å²) in [6.45, 7) is 7.58. The number of nitrogens with zero attached hydrogens (tertiary/aromatic N) is 2. The van der Waals surface area contributed by atoms with Crippen molar-refractivity contribution >= 4 is 35.2 Å². The van der Waals surface area contributed by atoms with Gasteiger partial charge in [-0.2, -0.15) is 0 Å². The lowest BCUT2D eigenvalue weighted by atomic mass is 9.87. The van der Waals surface area contributed by atoms with Crippen molar-refractivity contribution in [2.45, 2.75) is 58.7 Å². The van der Waals surface area contributed by atoms with E-state index in [0.29, 0.717) is 11.4 Å². The first-order valence-electron chi connectivity index (χ1n) is 10.8. The van der Waals surface area contributed by atoms with E-state index in [-0.39, 0.29) is 30.8 Å². The summed E-state index contributed by atoms with van der Waals surface area (Å²) >= 11 is 0. The monoisotopic (exact) mass is 462 g/mol. The molecule has 4 amide bonds. The Morgan fingerprint density at radius 1 is 1.27 bits per heavy atom. The maximum atomic E-state index is 13.2. The fraction of sp³-hybridized carbons (Fsp3) is 0.565. The number of hydrogen-bond acceptors (Lipinski definition) is 5. The third-order valence-electron chi connectivity index (χ3n) is 5.56. The smallest absolute Gasteiger partial charge is 0.407 e. The largest absolute Gasteiger partial charge is 0.465 e. The van der Waals surface area contributed by atoms with E-state index in [1.165, 1.54) is 19.1 Å². The number of carbonyl (C=O) groups excluding carboxylic acids is 3. The second-order valence-corrected chi connectivity index (χ2v) is 9.41. The minimum absolute atomic E-state index is 0.0957. The van der Waals surface area contributed by atoms with Crippen molar-refractivity contribution in [3.05, 3.63) is 24.3 Å². The van der Waals surface area contributed by atoms with Gasteiger partial charge in [0.2, 0.25) is 17.7 Å². The topological polar surface area (TPSA) is 128 Å². The molecule has 0 unspecified atom stereocenters. The summed E-state index contributed by atoms with van der Waals surface area (Å²) in [4.78, 5) is 53.4. The molecule has 1 aliphatic heterocycles. The summed E-state index contributed by atoms with van der Waals surface area (Å²) < 4.78 is 5.04. The van der Waals surface area contributed by atoms with Crippen molar-refractivity contribution in [1.29, 1.82) is 0 Å². The number of carbonyl (C=O) groups is 4. The third-order valence-corrected chi connectivity index (χ3v) is 5.56. The molecule has 0 fully saturated rings. The molecule has 1 aromatic carbocycles. The summed E-state index contributed by atoms with van der Waals surface area (Å²) in [5, 5.41) is 15.0. The molecular weight excluding hydrogens is 428 g/mol. The van der Waals surface area contributed by atoms with Gasteiger partial charge in [0.25, 0.3) is 0 Å². The van der Waals surface area contributed by atoms with Crippen molar-refractivity contribution < 1.29 is 29.0 Å². The highest BCUT2D eigenvalue weighted by Crippen LogP contribution is 2.32. The number of methoxy groups -OCH3 is 1. The Morgan fingerprint density at radius 2 is 1.91 bits per heavy atom. The fourth-order valence-corrected chi connectivity index (χ4v) is 3.81. The number of carboxylic acid groups (broad SMARTS) is 1. The second kappa shape index (κ2) is 10.7. The van der Waals surface area contributed by atoms with Crippen LogP contribution < -0.4 is 15.5 Å². The van der Waals surface area contributed by atoms with Gasteiger partial charge in [-0.15, -0.1) is 0 Å². The lowest BCUT2D eigenvalue weighted by Gasteiger charge is -2.35. The molecule has 0 spiro atoms. The zero-order valence-corrected chi connectivity index (χ0v) is 20.0. The molecule has 0 saturated heterocycles. The van der Waals surface area contributed by atoms with E-state index < -0.39 is 36.0 Å². The summed E-state index contributed by atoms with van der Waals surface area (Å²) in [5.41, 5.74) is 0.623. The van der Waals surface area contributed by atoms with Crippen molar-refractivity contribution in [3.63, 3.8) is 0 Å². The van der Waals surface area contributed by atoms with Crippen LogP contribution in [-0.2, 0) is 19.1 Å². The number of benzene rings is 1. The quantitative estimate of drug-likeness (QED) is 0.570. The number of anilines is 2. The molecule has 1 heterocycles. The fourth-order valence-electron chi connectivity index (χ4n) is 3.81. The average molecular weight is 463 g/mol. The Kier molecular flexibility index (Phi) is 8.43. The molecule has 33 heavy (non-hydrogen) atoms. The van der Waals surface area contributed by atoms with Gasteiger partial charge in [-0.3, -0.25) is 19.3 Å². The molecule has 3 atom stereocenters. The van der Waals surface area contributed by atoms with E-state index in [1.54, 1.807) is 31.2 Å². The highest BCUT2D eigenvalue weighted by atomic mass is 16.5. The standard InChI is InChI=1S/C23H34N4O6/c1-14-19(25-20(29)17(13-23(2,3)4)26(5)22(31)32)21(30)24-15-9-7-8-10-16(15)27(14)18(28)11-12-33-6/h7-10,14,17,19H,11-13H2,1-6H3,(H,24,30)(H,25,29)(H,31,32)/t14-,17-,19-/m0/s1. The van der Waals surface area contributed by atoms with Crippen LogP contribution in [0.15, 0.2) is 24.3 Å². The van der Waals surface area contributed by atoms with Gasteiger partial charge in [0, 0.05) is 14.2 Å². The Morgan fingerprint density at radius 3 is 2.48 bits per heavy atom. The molecule has 0 aromatic heterocycles. The SMILES string of the molecule is COCCC(=O)N1c2ccccc2NC(=O)[C@@H](NC(=O)[C@H](CC(C)(C)C)N(C)C(=O)O)[C@@H]1C. The van der Waals surface area contributed by atoms with Gasteiger partial charge in [-0.25, -0.2) is 4.79 Å². The van der Waals surface area contributed by atoms with Gasteiger partial charge in [0.15, 0.2) is 0 Å². The van der Waals surface area contributed by atoms with Gasteiger partial charge in [0.1, 0.15) is 12.1 Å². The first-order chi connectivity index (χ1) is 15.4. The number of likely N-dealkylation sites (N-methyl/N-ethyl adjacent to an activating group) is 1. The van der Waals surface area contributed by atoms with E-state index >= 15 is 0 Å². The van der Waals surface area contributed by atoms with Crippen LogP contribution in [0.5, 0.6) is 0 Å². The number of nitrogens with one attached hydrogen (secondary N) is 2. The van der Waals surface area contributed by atoms with Crippen LogP contribution in [-0.4, -0.2) is 72.7 Å². The number of amides is 4. The van der Waals surface area contributed by atoms with Crippen LogP contribution in [0.1, 0.15) is 40.5 Å². The molecule has 0 aliphatic carbocycles. The van der Waals surface area contributed by atoms with Gasteiger partial charge in [-0.1, -0.05) is 32.9 Å². The average Bonchev–Trinajstić information content (AvgIpc) is 2.83. The van der Waals surface area contributed by atoms with Gasteiger partial charge in [0.05, 0.1) is 30.4 Å². The summed E-state index contributed by atoms with van der Waals surface area (Å²) in [7, 11) is 2.82. The number of ether oxygens (including phenoxy) is 1. The second-order valence-electron chi connectivity index (χ2n) is 9.41. The molecule has 182 valence electrons. The van der Waals surface area contributed by atoms with E-state index in [0.717, 1.165) is 4.90 Å². The lowest BCUT2D eigenvalue weighted by molar-refractivity contribution is -0.131. The van der Waals surface area contributed by atoms with E-state index in [2.05, 4.69) is 10.6 Å². The number of fused-ring (bicyclic) bond motifs is 1. The number of para-hydroxylation sites is 2. The molecule has 0 radical (unpaired) electrons. The third kappa shape index (κ3) is 6.44. The maximum Gasteiger partial charge on any atom is 0.407 e. The highest BCUT2D eigenvalue weighted by Gasteiger charge is 2.40. The summed E-state index contributed by atoms with van der Waals surface area (Å²) in [5.74, 6) is -1.35. The minimum Gasteiger partial charge on any atom is -0.465 e. The van der Waals surface area contributed by atoms with Crippen LogP contribution in [0.3, 0.4) is 0 Å². The predicted molar refractivity (Wildman–Crippen MR) is 124 cm³/mol. The highest BCUT2D eigenvalue weighted by molar-refractivity contribution is 6.07. The molecule has 2 rings (SSSR count). The number of rotatable bonds is 7. The van der Waals surface area contributed by atoms with Crippen LogP contribution >= 0.6 is 0 Å². The summed E-state index contributed by atoms with van der Waals surface area (Å²) in [6.07, 6.45) is -0.902. The summed E-state index contributed by atoms with van der Waals surface area (Å²) in [6, 6.07) is 4.07. The van der Waals surface area contributed by atoms with Crippen molar-refractivity contribution in [2.24, 2.45) is 5.41 Å². The molecule has 0 bridgehead atoms. The van der Waals surface area contributed by atoms with E-state index in [4.69, 9.17) is 4.74 Å². The maximum absolute atomic E-state index is 13.2. The molecule has 10 heteroatoms. The van der Waals surface area contributed by atoms with Gasteiger partial charge in [-0.05, 0) is 30.9 Å². The normalized spacial score (nSPS) is 19.1. The minimum atomic E-state index is -1.25. The Labute approximate surface area is 194 Å². The Balaban J connectivity index is 2.40. The zero-order valence-electron chi connectivity index (χ0n) is 20.0. The van der Waals surface area contributed by atoms with E-state index in [1.807, 2.05) is 20.8 Å². The van der Waals surface area contributed by atoms with E-state index in [9.17, 15) is 24.3 Å². The Bertz CT molecular complexity index is 897. The van der Waals surface area contributed by atoms with Crippen LogP contribution in [0.25, 0.3) is 0 Å². The van der Waals surface area contributed by atoms with Crippen LogP contribution in [0, 0.1) is 5.41 Å². The zero-order chi connectivity index (χ0) is 24.9. The molecule has 0 saturated carbocycles. The molecular formula is C23H34N4O6. The number of hydrogen-bond donors (Lipinski definition) is 3. The predicted octanol–water partition coefficient (Wildman–Crippen LogP) is 2.30.